The van der Waals surface area contributed by atoms with Crippen molar-refractivity contribution < 1.29 is 23.4 Å². The molecule has 0 radical (unpaired) electrons. The maximum absolute atomic E-state index is 14.0. The third-order valence-electron chi connectivity index (χ3n) is 4.12. The van der Waals surface area contributed by atoms with Crippen LogP contribution < -0.4 is 9.47 Å². The molecule has 0 heterocycles. The van der Waals surface area contributed by atoms with Gasteiger partial charge in [0.15, 0.2) is 0 Å². The number of hydrogen-bond donors (Lipinski definition) is 0. The molecule has 0 unspecified atom stereocenters. The Morgan fingerprint density at radius 1 is 1.28 bits per heavy atom. The van der Waals surface area contributed by atoms with Crippen molar-refractivity contribution in [2.75, 3.05) is 7.11 Å². The highest BCUT2D eigenvalue weighted by molar-refractivity contribution is 6.31. The fourth-order valence-electron chi connectivity index (χ4n) is 2.58. The minimum Gasteiger partial charge on any atom is -0.488 e. The minimum atomic E-state index is -0.844. The van der Waals surface area contributed by atoms with Crippen LogP contribution in [0.4, 0.5) is 9.18 Å². The summed E-state index contributed by atoms with van der Waals surface area (Å²) in [6.07, 6.45) is 1.30. The van der Waals surface area contributed by atoms with Crippen LogP contribution in [0.25, 0.3) is 0 Å². The van der Waals surface area contributed by atoms with Gasteiger partial charge in [-0.15, -0.1) is 0 Å². The molecule has 0 spiro atoms. The molecule has 25 heavy (non-hydrogen) atoms. The molecule has 0 amide bonds. The molecule has 3 rings (SSSR count). The highest BCUT2D eigenvalue weighted by Gasteiger charge is 2.28. The number of rotatable bonds is 5. The van der Waals surface area contributed by atoms with E-state index in [9.17, 15) is 9.18 Å². The van der Waals surface area contributed by atoms with E-state index < -0.39 is 6.16 Å². The second-order valence-corrected chi connectivity index (χ2v) is 6.38. The Balaban J connectivity index is 1.85. The SMILES string of the molecule is COC(=O)Oc1cccc(Cl)c1COc1cc(F)c(C)cc1C1CC1. The number of halogens is 2. The Bertz CT molecular complexity index is 802. The predicted molar refractivity (Wildman–Crippen MR) is 91.9 cm³/mol. The number of carbonyl (C=O) groups excluding carboxylic acids is 1. The van der Waals surface area contributed by atoms with Crippen molar-refractivity contribution in [3.63, 3.8) is 0 Å². The molecule has 1 aliphatic carbocycles. The summed E-state index contributed by atoms with van der Waals surface area (Å²) in [4.78, 5) is 11.4. The molecule has 0 N–H and O–H groups in total. The highest BCUT2D eigenvalue weighted by Crippen LogP contribution is 2.45. The number of methoxy groups -OCH3 is 1. The molecular weight excluding hydrogens is 347 g/mol. The molecule has 4 nitrogen and oxygen atoms in total. The van der Waals surface area contributed by atoms with E-state index in [0.29, 0.717) is 27.8 Å². The second-order valence-electron chi connectivity index (χ2n) is 5.97. The van der Waals surface area contributed by atoms with E-state index in [4.69, 9.17) is 21.1 Å². The Labute approximate surface area is 150 Å². The van der Waals surface area contributed by atoms with Crippen LogP contribution in [0.3, 0.4) is 0 Å². The number of carbonyl (C=O) groups is 1. The van der Waals surface area contributed by atoms with E-state index in [2.05, 4.69) is 4.74 Å². The Morgan fingerprint density at radius 2 is 2.04 bits per heavy atom. The summed E-state index contributed by atoms with van der Waals surface area (Å²) >= 11 is 6.21. The second kappa shape index (κ2) is 7.31. The van der Waals surface area contributed by atoms with E-state index in [-0.39, 0.29) is 18.2 Å². The lowest BCUT2D eigenvalue weighted by molar-refractivity contribution is 0.120. The van der Waals surface area contributed by atoms with Gasteiger partial charge in [-0.25, -0.2) is 9.18 Å². The zero-order valence-electron chi connectivity index (χ0n) is 14.0. The topological polar surface area (TPSA) is 44.8 Å². The lowest BCUT2D eigenvalue weighted by atomic mass is 10.1. The van der Waals surface area contributed by atoms with E-state index >= 15 is 0 Å². The molecular formula is C19H18ClFO4. The van der Waals surface area contributed by atoms with Gasteiger partial charge in [0.05, 0.1) is 17.7 Å². The van der Waals surface area contributed by atoms with Gasteiger partial charge >= 0.3 is 6.16 Å². The van der Waals surface area contributed by atoms with Crippen LogP contribution in [0.2, 0.25) is 5.02 Å². The van der Waals surface area contributed by atoms with Gasteiger partial charge in [0.25, 0.3) is 0 Å². The van der Waals surface area contributed by atoms with Crippen LogP contribution in [0.15, 0.2) is 30.3 Å². The molecule has 132 valence electrons. The summed E-state index contributed by atoms with van der Waals surface area (Å²) in [6, 6.07) is 8.16. The van der Waals surface area contributed by atoms with Crippen molar-refractivity contribution >= 4 is 17.8 Å². The Hall–Kier alpha value is -2.27. The summed E-state index contributed by atoms with van der Waals surface area (Å²) in [5.74, 6) is 0.838. The van der Waals surface area contributed by atoms with Crippen LogP contribution >= 0.6 is 11.6 Å². The molecule has 2 aromatic rings. The lowest BCUT2D eigenvalue weighted by Gasteiger charge is -2.15. The molecule has 6 heteroatoms. The standard InChI is InChI=1S/C19H18ClFO4/c1-11-8-13(12-6-7-12)18(9-16(11)21)24-10-14-15(20)4-3-5-17(14)25-19(22)23-2/h3-5,8-9,12H,6-7,10H2,1-2H3. The monoisotopic (exact) mass is 364 g/mol. The maximum atomic E-state index is 14.0. The van der Waals surface area contributed by atoms with Crippen LogP contribution in [-0.2, 0) is 11.3 Å². The van der Waals surface area contributed by atoms with Gasteiger partial charge < -0.3 is 14.2 Å². The van der Waals surface area contributed by atoms with Crippen molar-refractivity contribution in [3.8, 4) is 11.5 Å². The van der Waals surface area contributed by atoms with Crippen LogP contribution in [0, 0.1) is 12.7 Å². The Morgan fingerprint density at radius 3 is 2.72 bits per heavy atom. The smallest absolute Gasteiger partial charge is 0.488 e. The van der Waals surface area contributed by atoms with Crippen molar-refractivity contribution in [3.05, 3.63) is 57.9 Å². The molecule has 0 aromatic heterocycles. The first kappa shape index (κ1) is 17.5. The summed E-state index contributed by atoms with van der Waals surface area (Å²) < 4.78 is 29.4. The van der Waals surface area contributed by atoms with Gasteiger partial charge in [0.2, 0.25) is 0 Å². The fourth-order valence-corrected chi connectivity index (χ4v) is 2.80. The maximum Gasteiger partial charge on any atom is 0.513 e. The minimum absolute atomic E-state index is 0.0498. The lowest BCUT2D eigenvalue weighted by Crippen LogP contribution is -2.10. The van der Waals surface area contributed by atoms with Gasteiger partial charge in [-0.05, 0) is 55.0 Å². The largest absolute Gasteiger partial charge is 0.513 e. The summed E-state index contributed by atoms with van der Waals surface area (Å²) in [6.45, 7) is 1.79. The van der Waals surface area contributed by atoms with E-state index in [1.165, 1.54) is 13.2 Å². The van der Waals surface area contributed by atoms with Crippen LogP contribution in [0.1, 0.15) is 35.4 Å². The van der Waals surface area contributed by atoms with E-state index in [0.717, 1.165) is 18.4 Å². The van der Waals surface area contributed by atoms with E-state index in [1.807, 2.05) is 6.07 Å². The average molecular weight is 365 g/mol. The predicted octanol–water partition coefficient (Wildman–Crippen LogP) is 5.39. The van der Waals surface area contributed by atoms with Crippen molar-refractivity contribution in [2.24, 2.45) is 0 Å². The molecule has 1 saturated carbocycles. The fraction of sp³-hybridized carbons (Fsp3) is 0.316. The summed E-state index contributed by atoms with van der Waals surface area (Å²) in [5.41, 5.74) is 2.10. The first-order valence-corrected chi connectivity index (χ1v) is 8.33. The van der Waals surface area contributed by atoms with Crippen molar-refractivity contribution in [1.82, 2.24) is 0 Å². The zero-order valence-corrected chi connectivity index (χ0v) is 14.7. The van der Waals surface area contributed by atoms with Crippen LogP contribution in [-0.4, -0.2) is 13.3 Å². The van der Waals surface area contributed by atoms with Gasteiger partial charge in [-0.1, -0.05) is 17.7 Å². The van der Waals surface area contributed by atoms with Gasteiger partial charge in [-0.3, -0.25) is 0 Å². The van der Waals surface area contributed by atoms with Crippen molar-refractivity contribution in [2.45, 2.75) is 32.3 Å². The number of hydrogen-bond acceptors (Lipinski definition) is 4. The van der Waals surface area contributed by atoms with Gasteiger partial charge in [0, 0.05) is 6.07 Å². The van der Waals surface area contributed by atoms with E-state index in [1.54, 1.807) is 25.1 Å². The number of benzene rings is 2. The molecule has 0 bridgehead atoms. The van der Waals surface area contributed by atoms with Gasteiger partial charge in [-0.2, -0.15) is 0 Å². The highest BCUT2D eigenvalue weighted by atomic mass is 35.5. The molecule has 0 aliphatic heterocycles. The quantitative estimate of drug-likeness (QED) is 0.527. The van der Waals surface area contributed by atoms with Gasteiger partial charge in [0.1, 0.15) is 23.9 Å². The summed E-state index contributed by atoms with van der Waals surface area (Å²) in [5, 5.41) is 0.391. The summed E-state index contributed by atoms with van der Waals surface area (Å²) in [7, 11) is 1.22. The number of aryl methyl sites for hydroxylation is 1. The average Bonchev–Trinajstić information content (AvgIpc) is 3.42. The molecule has 0 atom stereocenters. The molecule has 1 aliphatic rings. The third kappa shape index (κ3) is 4.04. The zero-order chi connectivity index (χ0) is 18.0. The molecule has 0 saturated heterocycles. The molecule has 1 fully saturated rings. The van der Waals surface area contributed by atoms with Crippen LogP contribution in [0.5, 0.6) is 11.5 Å². The normalized spacial score (nSPS) is 13.4. The first-order valence-electron chi connectivity index (χ1n) is 7.95. The third-order valence-corrected chi connectivity index (χ3v) is 4.47. The first-order chi connectivity index (χ1) is 12.0. The number of ether oxygens (including phenoxy) is 3. The van der Waals surface area contributed by atoms with Crippen molar-refractivity contribution in [1.29, 1.82) is 0 Å². The molecule has 2 aromatic carbocycles. The Kier molecular flexibility index (Phi) is 5.13.